The molecule has 0 bridgehead atoms. The molecule has 1 heterocycles. The van der Waals surface area contributed by atoms with Crippen LogP contribution in [0.2, 0.25) is 0 Å². The Balaban J connectivity index is 0.00000450. The highest BCUT2D eigenvalue weighted by Gasteiger charge is 2.21. The lowest BCUT2D eigenvalue weighted by Gasteiger charge is -2.35. The molecular formula is C22H39IN4O3. The summed E-state index contributed by atoms with van der Waals surface area (Å²) in [5.41, 5.74) is 1.18. The van der Waals surface area contributed by atoms with Crippen LogP contribution in [-0.2, 0) is 4.74 Å². The van der Waals surface area contributed by atoms with Crippen LogP contribution in [-0.4, -0.2) is 69.7 Å². The number of ether oxygens (including phenoxy) is 2. The quantitative estimate of drug-likeness (QED) is 0.244. The van der Waals surface area contributed by atoms with E-state index in [1.165, 1.54) is 5.69 Å². The highest BCUT2D eigenvalue weighted by molar-refractivity contribution is 14.0. The highest BCUT2D eigenvalue weighted by Crippen LogP contribution is 2.24. The van der Waals surface area contributed by atoms with Crippen LogP contribution in [0.1, 0.15) is 33.6 Å². The van der Waals surface area contributed by atoms with Crippen molar-refractivity contribution in [1.29, 1.82) is 0 Å². The maximum atomic E-state index is 10.1. The Hall–Kier alpha value is -1.26. The van der Waals surface area contributed by atoms with E-state index >= 15 is 0 Å². The number of halogens is 1. The average molecular weight is 534 g/mol. The number of nitrogens with one attached hydrogen (secondary N) is 2. The van der Waals surface area contributed by atoms with Crippen molar-refractivity contribution in [3.8, 4) is 5.75 Å². The number of guanidine groups is 1. The molecule has 0 radical (unpaired) electrons. The van der Waals surface area contributed by atoms with Crippen molar-refractivity contribution < 1.29 is 14.6 Å². The second kappa shape index (κ2) is 14.7. The number of aliphatic hydroxyl groups excluding tert-OH is 1. The Kier molecular flexibility index (Phi) is 13.1. The topological polar surface area (TPSA) is 78.4 Å². The van der Waals surface area contributed by atoms with Gasteiger partial charge in [0.1, 0.15) is 5.75 Å². The van der Waals surface area contributed by atoms with Gasteiger partial charge < -0.3 is 30.1 Å². The van der Waals surface area contributed by atoms with E-state index in [4.69, 9.17) is 9.47 Å². The average Bonchev–Trinajstić information content (AvgIpc) is 2.72. The van der Waals surface area contributed by atoms with E-state index in [9.17, 15) is 5.11 Å². The fourth-order valence-corrected chi connectivity index (χ4v) is 3.34. The molecular weight excluding hydrogens is 495 g/mol. The first-order valence-electron chi connectivity index (χ1n) is 10.7. The molecule has 30 heavy (non-hydrogen) atoms. The lowest BCUT2D eigenvalue weighted by molar-refractivity contribution is 0.0301. The largest absolute Gasteiger partial charge is 0.497 e. The van der Waals surface area contributed by atoms with Crippen molar-refractivity contribution in [2.45, 2.75) is 45.8 Å². The molecule has 2 rings (SSSR count). The lowest BCUT2D eigenvalue weighted by atomic mass is 10.0. The summed E-state index contributed by atoms with van der Waals surface area (Å²) < 4.78 is 10.9. The Morgan fingerprint density at radius 3 is 2.83 bits per heavy atom. The van der Waals surface area contributed by atoms with Crippen molar-refractivity contribution in [2.24, 2.45) is 10.9 Å². The van der Waals surface area contributed by atoms with E-state index in [1.54, 1.807) is 7.11 Å². The number of aliphatic imine (C=N–C) groups is 1. The van der Waals surface area contributed by atoms with Gasteiger partial charge in [0.15, 0.2) is 5.96 Å². The van der Waals surface area contributed by atoms with Crippen LogP contribution in [0.5, 0.6) is 5.75 Å². The second-order valence-corrected chi connectivity index (χ2v) is 7.94. The maximum Gasteiger partial charge on any atom is 0.191 e. The maximum absolute atomic E-state index is 10.1. The van der Waals surface area contributed by atoms with Gasteiger partial charge in [-0.15, -0.1) is 24.0 Å². The van der Waals surface area contributed by atoms with Crippen LogP contribution < -0.4 is 20.3 Å². The summed E-state index contributed by atoms with van der Waals surface area (Å²) in [5.74, 6) is 2.08. The van der Waals surface area contributed by atoms with Gasteiger partial charge in [-0.3, -0.25) is 4.99 Å². The van der Waals surface area contributed by atoms with Gasteiger partial charge in [-0.05, 0) is 37.8 Å². The first-order chi connectivity index (χ1) is 14.0. The Labute approximate surface area is 198 Å². The third-order valence-electron chi connectivity index (χ3n) is 4.75. The molecule has 0 aliphatic carbocycles. The summed E-state index contributed by atoms with van der Waals surface area (Å²) in [6, 6.07) is 8.49. The van der Waals surface area contributed by atoms with Crippen molar-refractivity contribution in [3.63, 3.8) is 0 Å². The first-order valence-corrected chi connectivity index (χ1v) is 10.7. The highest BCUT2D eigenvalue weighted by atomic mass is 127. The van der Waals surface area contributed by atoms with Crippen molar-refractivity contribution in [2.75, 3.05) is 51.4 Å². The third kappa shape index (κ3) is 9.70. The molecule has 0 amide bonds. The summed E-state index contributed by atoms with van der Waals surface area (Å²) in [4.78, 5) is 6.93. The fourth-order valence-electron chi connectivity index (χ4n) is 3.34. The molecule has 3 N–H and O–H groups in total. The van der Waals surface area contributed by atoms with E-state index < -0.39 is 6.10 Å². The molecule has 2 unspecified atom stereocenters. The van der Waals surface area contributed by atoms with E-state index in [0.29, 0.717) is 31.7 Å². The Morgan fingerprint density at radius 2 is 2.13 bits per heavy atom. The molecule has 0 aromatic heterocycles. The van der Waals surface area contributed by atoms with E-state index in [-0.39, 0.29) is 24.0 Å². The summed E-state index contributed by atoms with van der Waals surface area (Å²) in [6.45, 7) is 10.2. The molecule has 1 fully saturated rings. The van der Waals surface area contributed by atoms with Gasteiger partial charge in [0, 0.05) is 44.0 Å². The number of nitrogens with zero attached hydrogens (tertiary/aromatic N) is 2. The number of aliphatic hydroxyl groups is 1. The fraction of sp³-hybridized carbons (Fsp3) is 0.682. The molecule has 172 valence electrons. The van der Waals surface area contributed by atoms with Crippen LogP contribution in [0, 0.1) is 5.92 Å². The number of piperidine rings is 1. The Morgan fingerprint density at radius 1 is 1.33 bits per heavy atom. The number of benzene rings is 1. The van der Waals surface area contributed by atoms with Crippen LogP contribution >= 0.6 is 24.0 Å². The second-order valence-electron chi connectivity index (χ2n) is 7.94. The minimum atomic E-state index is -0.594. The standard InChI is InChI=1S/C22H38N4O3.HI/c1-5-23-22(24-13-20(27)16-29-15-17(2)3)25-18-8-7-11-26(14-18)19-9-6-10-21(12-19)28-4;/h6,9-10,12,17-18,20,27H,5,7-8,11,13-16H2,1-4H3,(H2,23,24,25);1H. The molecule has 7 nitrogen and oxygen atoms in total. The lowest BCUT2D eigenvalue weighted by Crippen LogP contribution is -2.51. The zero-order valence-corrected chi connectivity index (χ0v) is 21.1. The zero-order valence-electron chi connectivity index (χ0n) is 18.8. The van der Waals surface area contributed by atoms with Gasteiger partial charge in [0.2, 0.25) is 0 Å². The predicted molar refractivity (Wildman–Crippen MR) is 134 cm³/mol. The van der Waals surface area contributed by atoms with E-state index in [1.807, 2.05) is 19.1 Å². The normalized spacial score (nSPS) is 18.0. The van der Waals surface area contributed by atoms with Crippen LogP contribution in [0.15, 0.2) is 29.3 Å². The molecule has 0 saturated carbocycles. The molecule has 1 saturated heterocycles. The van der Waals surface area contributed by atoms with Gasteiger partial charge in [-0.1, -0.05) is 19.9 Å². The summed E-state index contributed by atoms with van der Waals surface area (Å²) in [6.07, 6.45) is 1.61. The monoisotopic (exact) mass is 534 g/mol. The number of anilines is 1. The van der Waals surface area contributed by atoms with E-state index in [2.05, 4.69) is 46.5 Å². The van der Waals surface area contributed by atoms with Crippen LogP contribution in [0.25, 0.3) is 0 Å². The summed E-state index contributed by atoms with van der Waals surface area (Å²) >= 11 is 0. The molecule has 2 atom stereocenters. The first kappa shape index (κ1) is 26.8. The third-order valence-corrected chi connectivity index (χ3v) is 4.75. The minimum absolute atomic E-state index is 0. The molecule has 1 aliphatic heterocycles. The summed E-state index contributed by atoms with van der Waals surface area (Å²) in [5, 5.41) is 16.9. The number of rotatable bonds is 10. The predicted octanol–water partition coefficient (Wildman–Crippen LogP) is 2.87. The number of methoxy groups -OCH3 is 1. The van der Waals surface area contributed by atoms with Crippen LogP contribution in [0.4, 0.5) is 5.69 Å². The number of hydrogen-bond acceptors (Lipinski definition) is 5. The van der Waals surface area contributed by atoms with Gasteiger partial charge in [-0.25, -0.2) is 0 Å². The minimum Gasteiger partial charge on any atom is -0.497 e. The van der Waals surface area contributed by atoms with E-state index in [0.717, 1.165) is 44.2 Å². The van der Waals surface area contributed by atoms with Crippen molar-refractivity contribution in [1.82, 2.24) is 10.6 Å². The smallest absolute Gasteiger partial charge is 0.191 e. The SMILES string of the molecule is CCNC(=NCC(O)COCC(C)C)NC1CCCN(c2cccc(OC)c2)C1.I. The van der Waals surface area contributed by atoms with Crippen LogP contribution in [0.3, 0.4) is 0 Å². The zero-order chi connectivity index (χ0) is 21.1. The summed E-state index contributed by atoms with van der Waals surface area (Å²) in [7, 11) is 1.70. The van der Waals surface area contributed by atoms with Gasteiger partial charge >= 0.3 is 0 Å². The van der Waals surface area contributed by atoms with Gasteiger partial charge in [-0.2, -0.15) is 0 Å². The molecule has 8 heteroatoms. The molecule has 1 aromatic carbocycles. The van der Waals surface area contributed by atoms with Crippen molar-refractivity contribution in [3.05, 3.63) is 24.3 Å². The molecule has 0 spiro atoms. The Bertz CT molecular complexity index is 630. The molecule has 1 aliphatic rings. The van der Waals surface area contributed by atoms with Gasteiger partial charge in [0.05, 0.1) is 26.4 Å². The van der Waals surface area contributed by atoms with Crippen molar-refractivity contribution >= 4 is 35.6 Å². The number of hydrogen-bond donors (Lipinski definition) is 3. The molecule has 1 aromatic rings. The van der Waals surface area contributed by atoms with Gasteiger partial charge in [0.25, 0.3) is 0 Å².